The first-order valence-corrected chi connectivity index (χ1v) is 12.1. The van der Waals surface area contributed by atoms with Crippen LogP contribution in [0.3, 0.4) is 0 Å². The summed E-state index contributed by atoms with van der Waals surface area (Å²) in [4.78, 5) is 35.1. The van der Waals surface area contributed by atoms with Crippen molar-refractivity contribution in [1.29, 1.82) is 0 Å². The van der Waals surface area contributed by atoms with Crippen LogP contribution in [-0.2, 0) is 37.0 Å². The number of hydrogen-bond acceptors (Lipinski definition) is 4. The molecule has 2 heterocycles. The van der Waals surface area contributed by atoms with E-state index in [0.717, 1.165) is 17.7 Å². The summed E-state index contributed by atoms with van der Waals surface area (Å²) < 4.78 is 40.7. The van der Waals surface area contributed by atoms with E-state index in [0.29, 0.717) is 56.0 Å². The number of hydrogen-bond donors (Lipinski definition) is 0. The molecule has 0 N–H and O–H groups in total. The molecule has 4 rings (SSSR count). The Labute approximate surface area is 208 Å². The van der Waals surface area contributed by atoms with Crippen molar-refractivity contribution in [3.8, 4) is 11.4 Å². The van der Waals surface area contributed by atoms with Crippen molar-refractivity contribution in [2.45, 2.75) is 46.1 Å². The highest BCUT2D eigenvalue weighted by atomic mass is 19.4. The minimum atomic E-state index is -4.47. The third kappa shape index (κ3) is 5.51. The number of aromatic nitrogens is 2. The number of carbonyl (C=O) groups excluding carboxylic acids is 1. The molecular formula is C27H29F3N4O2. The number of benzene rings is 2. The van der Waals surface area contributed by atoms with E-state index in [-0.39, 0.29) is 23.8 Å². The Hall–Kier alpha value is -3.46. The minimum Gasteiger partial charge on any atom is -0.342 e. The largest absolute Gasteiger partial charge is 0.416 e. The van der Waals surface area contributed by atoms with Gasteiger partial charge in [0.2, 0.25) is 5.91 Å². The minimum absolute atomic E-state index is 0.203. The number of fused-ring (bicyclic) bond motifs is 1. The number of amides is 1. The molecule has 2 aromatic carbocycles. The fourth-order valence-electron chi connectivity index (χ4n) is 4.54. The van der Waals surface area contributed by atoms with Crippen LogP contribution in [0.4, 0.5) is 13.2 Å². The highest BCUT2D eigenvalue weighted by Gasteiger charge is 2.31. The summed E-state index contributed by atoms with van der Waals surface area (Å²) in [5.41, 5.74) is 1.56. The fraction of sp³-hybridized carbons (Fsp3) is 0.370. The van der Waals surface area contributed by atoms with E-state index in [9.17, 15) is 22.8 Å². The summed E-state index contributed by atoms with van der Waals surface area (Å²) in [6, 6.07) is 14.5. The van der Waals surface area contributed by atoms with Crippen LogP contribution in [0.5, 0.6) is 0 Å². The topological polar surface area (TPSA) is 58.4 Å². The first-order valence-electron chi connectivity index (χ1n) is 12.1. The standard InChI is InChI=1S/C27H29F3N4O2/c1-3-33(4-2)24(35)18-34-25(20-10-12-21(13-11-20)27(28,29)30)31-23-17-32(15-14-22(23)26(34)36)16-19-8-6-5-7-9-19/h5-13H,3-4,14-18H2,1-2H3. The van der Waals surface area contributed by atoms with Gasteiger partial charge in [0.1, 0.15) is 12.4 Å². The van der Waals surface area contributed by atoms with Gasteiger partial charge in [0.05, 0.1) is 11.3 Å². The average Bonchev–Trinajstić information content (AvgIpc) is 2.86. The van der Waals surface area contributed by atoms with E-state index in [2.05, 4.69) is 4.90 Å². The van der Waals surface area contributed by atoms with Crippen LogP contribution in [0.25, 0.3) is 11.4 Å². The molecule has 190 valence electrons. The molecular weight excluding hydrogens is 469 g/mol. The first kappa shape index (κ1) is 25.6. The van der Waals surface area contributed by atoms with Crippen molar-refractivity contribution in [1.82, 2.24) is 19.4 Å². The molecule has 1 amide bonds. The lowest BCUT2D eigenvalue weighted by atomic mass is 10.0. The molecule has 6 nitrogen and oxygen atoms in total. The smallest absolute Gasteiger partial charge is 0.342 e. The Morgan fingerprint density at radius 2 is 1.69 bits per heavy atom. The third-order valence-corrected chi connectivity index (χ3v) is 6.53. The van der Waals surface area contributed by atoms with E-state index in [1.807, 2.05) is 44.2 Å². The quantitative estimate of drug-likeness (QED) is 0.486. The summed E-state index contributed by atoms with van der Waals surface area (Å²) in [5.74, 6) is -0.0342. The molecule has 0 unspecified atom stereocenters. The SMILES string of the molecule is CCN(CC)C(=O)Cn1c(-c2ccc(C(F)(F)F)cc2)nc2c(c1=O)CCN(Cc1ccccc1)C2. The van der Waals surface area contributed by atoms with E-state index >= 15 is 0 Å². The van der Waals surface area contributed by atoms with Crippen molar-refractivity contribution in [3.63, 3.8) is 0 Å². The van der Waals surface area contributed by atoms with Gasteiger partial charge in [-0.15, -0.1) is 0 Å². The summed E-state index contributed by atoms with van der Waals surface area (Å²) in [6.45, 7) is 6.28. The van der Waals surface area contributed by atoms with Gasteiger partial charge in [-0.25, -0.2) is 4.98 Å². The van der Waals surface area contributed by atoms with Crippen LogP contribution in [-0.4, -0.2) is 44.9 Å². The highest BCUT2D eigenvalue weighted by molar-refractivity contribution is 5.76. The number of alkyl halides is 3. The number of carbonyl (C=O) groups is 1. The number of nitrogens with zero attached hydrogens (tertiary/aromatic N) is 4. The molecule has 0 aliphatic carbocycles. The van der Waals surface area contributed by atoms with Gasteiger partial charge in [-0.1, -0.05) is 42.5 Å². The Morgan fingerprint density at radius 1 is 1.03 bits per heavy atom. The highest BCUT2D eigenvalue weighted by Crippen LogP contribution is 2.31. The molecule has 0 atom stereocenters. The monoisotopic (exact) mass is 498 g/mol. The van der Waals surface area contributed by atoms with Crippen molar-refractivity contribution < 1.29 is 18.0 Å². The van der Waals surface area contributed by atoms with E-state index < -0.39 is 11.7 Å². The first-order chi connectivity index (χ1) is 17.2. The zero-order valence-electron chi connectivity index (χ0n) is 20.4. The molecule has 0 fully saturated rings. The molecule has 1 aliphatic heterocycles. The lowest BCUT2D eigenvalue weighted by Gasteiger charge is -2.29. The van der Waals surface area contributed by atoms with Crippen molar-refractivity contribution in [2.24, 2.45) is 0 Å². The van der Waals surface area contributed by atoms with Gasteiger partial charge < -0.3 is 4.90 Å². The van der Waals surface area contributed by atoms with E-state index in [1.165, 1.54) is 16.7 Å². The molecule has 0 saturated carbocycles. The maximum atomic E-state index is 13.6. The van der Waals surface area contributed by atoms with Crippen LogP contribution in [0, 0.1) is 0 Å². The maximum absolute atomic E-state index is 13.6. The summed E-state index contributed by atoms with van der Waals surface area (Å²) in [7, 11) is 0. The van der Waals surface area contributed by atoms with Gasteiger partial charge in [-0.05, 0) is 38.0 Å². The van der Waals surface area contributed by atoms with Gasteiger partial charge in [0.15, 0.2) is 0 Å². The van der Waals surface area contributed by atoms with Crippen LogP contribution in [0.15, 0.2) is 59.4 Å². The molecule has 3 aromatic rings. The number of halogens is 3. The molecule has 1 aromatic heterocycles. The summed E-state index contributed by atoms with van der Waals surface area (Å²) in [5, 5.41) is 0. The van der Waals surface area contributed by atoms with Gasteiger partial charge in [-0.3, -0.25) is 19.1 Å². The molecule has 0 radical (unpaired) electrons. The van der Waals surface area contributed by atoms with E-state index in [4.69, 9.17) is 4.98 Å². The Morgan fingerprint density at radius 3 is 2.31 bits per heavy atom. The van der Waals surface area contributed by atoms with Crippen LogP contribution < -0.4 is 5.56 Å². The molecule has 36 heavy (non-hydrogen) atoms. The Balaban J connectivity index is 1.74. The van der Waals surface area contributed by atoms with Crippen LogP contribution >= 0.6 is 0 Å². The number of likely N-dealkylation sites (N-methyl/N-ethyl adjacent to an activating group) is 1. The summed E-state index contributed by atoms with van der Waals surface area (Å²) in [6.07, 6.45) is -3.99. The molecule has 9 heteroatoms. The second kappa shape index (κ2) is 10.7. The normalized spacial score (nSPS) is 13.9. The maximum Gasteiger partial charge on any atom is 0.416 e. The van der Waals surface area contributed by atoms with Crippen molar-refractivity contribution in [3.05, 3.63) is 87.3 Å². The molecule has 1 aliphatic rings. The van der Waals surface area contributed by atoms with Gasteiger partial charge in [0.25, 0.3) is 5.56 Å². The molecule has 0 saturated heterocycles. The van der Waals surface area contributed by atoms with Crippen molar-refractivity contribution >= 4 is 5.91 Å². The Bertz CT molecular complexity index is 1270. The zero-order valence-corrected chi connectivity index (χ0v) is 20.4. The second-order valence-corrected chi connectivity index (χ2v) is 8.84. The van der Waals surface area contributed by atoms with Gasteiger partial charge in [-0.2, -0.15) is 13.2 Å². The third-order valence-electron chi connectivity index (χ3n) is 6.53. The molecule has 0 spiro atoms. The molecule has 0 bridgehead atoms. The second-order valence-electron chi connectivity index (χ2n) is 8.84. The van der Waals surface area contributed by atoms with Crippen molar-refractivity contribution in [2.75, 3.05) is 19.6 Å². The zero-order chi connectivity index (χ0) is 25.9. The van der Waals surface area contributed by atoms with Gasteiger partial charge >= 0.3 is 6.18 Å². The van der Waals surface area contributed by atoms with Gasteiger partial charge in [0, 0.05) is 43.9 Å². The average molecular weight is 499 g/mol. The van der Waals surface area contributed by atoms with E-state index in [1.54, 1.807) is 4.90 Å². The summed E-state index contributed by atoms with van der Waals surface area (Å²) >= 11 is 0. The van der Waals surface area contributed by atoms with Crippen LogP contribution in [0.2, 0.25) is 0 Å². The fourth-order valence-corrected chi connectivity index (χ4v) is 4.54. The Kier molecular flexibility index (Phi) is 7.59. The van der Waals surface area contributed by atoms with Crippen LogP contribution in [0.1, 0.15) is 36.2 Å². The lowest BCUT2D eigenvalue weighted by Crippen LogP contribution is -2.41. The predicted octanol–water partition coefficient (Wildman–Crippen LogP) is 4.36. The number of rotatable bonds is 7. The predicted molar refractivity (Wildman–Crippen MR) is 131 cm³/mol. The lowest BCUT2D eigenvalue weighted by molar-refractivity contribution is -0.137.